The predicted octanol–water partition coefficient (Wildman–Crippen LogP) is -0.123. The smallest absolute Gasteiger partial charge is 0.241 e. The molecule has 7 nitrogen and oxygen atoms in total. The van der Waals surface area contributed by atoms with Crippen LogP contribution in [0, 0.1) is 0 Å². The van der Waals surface area contributed by atoms with E-state index >= 15 is 0 Å². The van der Waals surface area contributed by atoms with Gasteiger partial charge in [0.15, 0.2) is 11.5 Å². The lowest BCUT2D eigenvalue weighted by atomic mass is 10.4. The van der Waals surface area contributed by atoms with E-state index in [0.717, 1.165) is 5.52 Å². The number of carbonyl (C=O) groups is 1. The third-order valence-electron chi connectivity index (χ3n) is 2.44. The Labute approximate surface area is 98.5 Å². The van der Waals surface area contributed by atoms with Gasteiger partial charge in [0.1, 0.15) is 11.8 Å². The maximum atomic E-state index is 11.6. The Balaban J connectivity index is 2.27. The van der Waals surface area contributed by atoms with E-state index in [4.69, 9.17) is 0 Å². The number of nitrogens with one attached hydrogen (secondary N) is 1. The molecule has 0 atom stereocenters. The SMILES string of the molecule is CN(C)C(=O)CN(C)c1ncnc2nc[nH]c12. The van der Waals surface area contributed by atoms with Gasteiger partial charge in [-0.25, -0.2) is 15.0 Å². The summed E-state index contributed by atoms with van der Waals surface area (Å²) in [5.74, 6) is 0.682. The highest BCUT2D eigenvalue weighted by atomic mass is 16.2. The summed E-state index contributed by atoms with van der Waals surface area (Å²) < 4.78 is 0. The standard InChI is InChI=1S/C10H14N6O/c1-15(2)7(17)4-16(3)10-8-9(12-5-11-8)13-6-14-10/h5-6H,4H2,1-3H3,(H,11,12,13,14). The number of likely N-dealkylation sites (N-methyl/N-ethyl adjacent to an activating group) is 2. The summed E-state index contributed by atoms with van der Waals surface area (Å²) in [6, 6.07) is 0. The molecule has 0 aliphatic heterocycles. The van der Waals surface area contributed by atoms with E-state index in [9.17, 15) is 4.79 Å². The second-order valence-corrected chi connectivity index (χ2v) is 3.94. The van der Waals surface area contributed by atoms with Crippen molar-refractivity contribution >= 4 is 22.9 Å². The fourth-order valence-corrected chi connectivity index (χ4v) is 1.46. The van der Waals surface area contributed by atoms with E-state index in [-0.39, 0.29) is 12.5 Å². The van der Waals surface area contributed by atoms with Gasteiger partial charge in [0.05, 0.1) is 12.9 Å². The molecule has 0 aromatic carbocycles. The molecule has 0 saturated heterocycles. The number of aromatic amines is 1. The summed E-state index contributed by atoms with van der Waals surface area (Å²) in [4.78, 5) is 30.1. The maximum absolute atomic E-state index is 11.6. The minimum Gasteiger partial charge on any atom is -0.348 e. The predicted molar refractivity (Wildman–Crippen MR) is 63.6 cm³/mol. The Kier molecular flexibility index (Phi) is 2.90. The number of amides is 1. The fourth-order valence-electron chi connectivity index (χ4n) is 1.46. The summed E-state index contributed by atoms with van der Waals surface area (Å²) in [6.07, 6.45) is 3.00. The van der Waals surface area contributed by atoms with Crippen molar-refractivity contribution in [2.75, 3.05) is 32.6 Å². The van der Waals surface area contributed by atoms with Gasteiger partial charge in [0.25, 0.3) is 0 Å². The van der Waals surface area contributed by atoms with Crippen molar-refractivity contribution in [2.24, 2.45) is 0 Å². The molecule has 0 spiro atoms. The lowest BCUT2D eigenvalue weighted by Gasteiger charge is -2.19. The van der Waals surface area contributed by atoms with E-state index in [0.29, 0.717) is 11.5 Å². The summed E-state index contributed by atoms with van der Waals surface area (Å²) in [7, 11) is 5.26. The molecule has 2 heterocycles. The van der Waals surface area contributed by atoms with E-state index < -0.39 is 0 Å². The molecule has 90 valence electrons. The highest BCUT2D eigenvalue weighted by Gasteiger charge is 2.14. The zero-order chi connectivity index (χ0) is 12.4. The summed E-state index contributed by atoms with van der Waals surface area (Å²) in [6.45, 7) is 0.262. The van der Waals surface area contributed by atoms with Gasteiger partial charge in [0, 0.05) is 21.1 Å². The third kappa shape index (κ3) is 2.17. The Hall–Kier alpha value is -2.18. The first-order valence-corrected chi connectivity index (χ1v) is 5.15. The maximum Gasteiger partial charge on any atom is 0.241 e. The lowest BCUT2D eigenvalue weighted by molar-refractivity contribution is -0.127. The van der Waals surface area contributed by atoms with Crippen LogP contribution in [0.1, 0.15) is 0 Å². The first-order chi connectivity index (χ1) is 8.09. The zero-order valence-electron chi connectivity index (χ0n) is 10.0. The largest absolute Gasteiger partial charge is 0.348 e. The second-order valence-electron chi connectivity index (χ2n) is 3.94. The highest BCUT2D eigenvalue weighted by Crippen LogP contribution is 2.17. The number of imidazole rings is 1. The number of hydrogen-bond donors (Lipinski definition) is 1. The van der Waals surface area contributed by atoms with Crippen molar-refractivity contribution in [3.05, 3.63) is 12.7 Å². The van der Waals surface area contributed by atoms with Gasteiger partial charge in [-0.3, -0.25) is 4.79 Å². The average Bonchev–Trinajstić information content (AvgIpc) is 2.76. The lowest BCUT2D eigenvalue weighted by Crippen LogP contribution is -2.34. The Morgan fingerprint density at radius 3 is 2.76 bits per heavy atom. The summed E-state index contributed by atoms with van der Waals surface area (Å²) in [5, 5.41) is 0. The molecule has 2 aromatic heterocycles. The third-order valence-corrected chi connectivity index (χ3v) is 2.44. The monoisotopic (exact) mass is 234 g/mol. The van der Waals surface area contributed by atoms with Gasteiger partial charge in [0.2, 0.25) is 5.91 Å². The molecular weight excluding hydrogens is 220 g/mol. The number of carbonyl (C=O) groups excluding carboxylic acids is 1. The normalized spacial score (nSPS) is 10.5. The number of nitrogens with zero attached hydrogens (tertiary/aromatic N) is 5. The Morgan fingerprint density at radius 2 is 2.06 bits per heavy atom. The summed E-state index contributed by atoms with van der Waals surface area (Å²) >= 11 is 0. The number of fused-ring (bicyclic) bond motifs is 1. The number of aromatic nitrogens is 4. The molecule has 0 aliphatic carbocycles. The molecule has 2 rings (SSSR count). The molecule has 2 aromatic rings. The first kappa shape index (κ1) is 11.3. The van der Waals surface area contributed by atoms with E-state index in [1.54, 1.807) is 30.2 Å². The first-order valence-electron chi connectivity index (χ1n) is 5.15. The van der Waals surface area contributed by atoms with Crippen LogP contribution in [-0.2, 0) is 4.79 Å². The van der Waals surface area contributed by atoms with Crippen LogP contribution in [0.25, 0.3) is 11.2 Å². The van der Waals surface area contributed by atoms with Gasteiger partial charge in [-0.15, -0.1) is 0 Å². The van der Waals surface area contributed by atoms with Crippen LogP contribution in [-0.4, -0.2) is 58.4 Å². The van der Waals surface area contributed by atoms with Crippen molar-refractivity contribution in [1.82, 2.24) is 24.8 Å². The van der Waals surface area contributed by atoms with Crippen LogP contribution < -0.4 is 4.90 Å². The minimum absolute atomic E-state index is 0.0128. The van der Waals surface area contributed by atoms with Crippen LogP contribution in [0.5, 0.6) is 0 Å². The van der Waals surface area contributed by atoms with Crippen LogP contribution in [0.3, 0.4) is 0 Å². The Bertz CT molecular complexity index is 534. The van der Waals surface area contributed by atoms with Crippen LogP contribution >= 0.6 is 0 Å². The van der Waals surface area contributed by atoms with Gasteiger partial charge in [-0.05, 0) is 0 Å². The van der Waals surface area contributed by atoms with Crippen molar-refractivity contribution in [3.63, 3.8) is 0 Å². The molecule has 0 fully saturated rings. The van der Waals surface area contributed by atoms with Gasteiger partial charge < -0.3 is 14.8 Å². The van der Waals surface area contributed by atoms with Crippen molar-refractivity contribution in [2.45, 2.75) is 0 Å². The molecule has 0 saturated carbocycles. The molecular formula is C10H14N6O. The number of hydrogen-bond acceptors (Lipinski definition) is 5. The van der Waals surface area contributed by atoms with Crippen LogP contribution in [0.2, 0.25) is 0 Å². The molecule has 1 N–H and O–H groups in total. The van der Waals surface area contributed by atoms with Crippen LogP contribution in [0.15, 0.2) is 12.7 Å². The minimum atomic E-state index is 0.0128. The molecule has 0 aliphatic rings. The van der Waals surface area contributed by atoms with E-state index in [1.807, 2.05) is 7.05 Å². The topological polar surface area (TPSA) is 78.0 Å². The zero-order valence-corrected chi connectivity index (χ0v) is 10.0. The van der Waals surface area contributed by atoms with Crippen molar-refractivity contribution in [1.29, 1.82) is 0 Å². The fraction of sp³-hybridized carbons (Fsp3) is 0.400. The van der Waals surface area contributed by atoms with Crippen molar-refractivity contribution < 1.29 is 4.79 Å². The number of anilines is 1. The van der Waals surface area contributed by atoms with E-state index in [2.05, 4.69) is 19.9 Å². The number of rotatable bonds is 3. The van der Waals surface area contributed by atoms with Gasteiger partial charge in [-0.1, -0.05) is 0 Å². The quantitative estimate of drug-likeness (QED) is 0.801. The highest BCUT2D eigenvalue weighted by molar-refractivity contribution is 5.86. The molecule has 17 heavy (non-hydrogen) atoms. The Morgan fingerprint density at radius 1 is 1.29 bits per heavy atom. The second kappa shape index (κ2) is 4.36. The molecule has 0 unspecified atom stereocenters. The van der Waals surface area contributed by atoms with Crippen LogP contribution in [0.4, 0.5) is 5.82 Å². The molecule has 7 heteroatoms. The molecule has 0 radical (unpaired) electrons. The average molecular weight is 234 g/mol. The van der Waals surface area contributed by atoms with Gasteiger partial charge >= 0.3 is 0 Å². The summed E-state index contributed by atoms with van der Waals surface area (Å²) in [5.41, 5.74) is 1.33. The number of H-pyrrole nitrogens is 1. The van der Waals surface area contributed by atoms with Gasteiger partial charge in [-0.2, -0.15) is 0 Å². The molecule has 0 bridgehead atoms. The van der Waals surface area contributed by atoms with E-state index in [1.165, 1.54) is 6.33 Å². The van der Waals surface area contributed by atoms with Crippen molar-refractivity contribution in [3.8, 4) is 0 Å². The molecule has 1 amide bonds.